The van der Waals surface area contributed by atoms with Gasteiger partial charge < -0.3 is 14.6 Å². The van der Waals surface area contributed by atoms with Crippen molar-refractivity contribution in [1.29, 1.82) is 0 Å². The summed E-state index contributed by atoms with van der Waals surface area (Å²) in [4.78, 5) is 6.85. The van der Waals surface area contributed by atoms with Crippen molar-refractivity contribution in [3.63, 3.8) is 0 Å². The van der Waals surface area contributed by atoms with Crippen LogP contribution in [0.25, 0.3) is 11.5 Å². The molecule has 4 rings (SSSR count). The Bertz CT molecular complexity index is 908. The van der Waals surface area contributed by atoms with Crippen LogP contribution >= 0.6 is 0 Å². The van der Waals surface area contributed by atoms with Crippen molar-refractivity contribution in [2.24, 2.45) is 0 Å². The van der Waals surface area contributed by atoms with Gasteiger partial charge in [-0.1, -0.05) is 41.1 Å². The third-order valence-electron chi connectivity index (χ3n) is 4.82. The van der Waals surface area contributed by atoms with E-state index in [2.05, 4.69) is 52.5 Å². The van der Waals surface area contributed by atoms with Gasteiger partial charge in [-0.15, -0.1) is 0 Å². The summed E-state index contributed by atoms with van der Waals surface area (Å²) >= 11 is 0. The molecule has 0 bridgehead atoms. The van der Waals surface area contributed by atoms with Crippen molar-refractivity contribution in [2.45, 2.75) is 19.6 Å². The van der Waals surface area contributed by atoms with Crippen LogP contribution in [-0.2, 0) is 6.61 Å². The van der Waals surface area contributed by atoms with E-state index in [-0.39, 0.29) is 6.04 Å². The Labute approximate surface area is 159 Å². The number of piperazine rings is 1. The van der Waals surface area contributed by atoms with E-state index in [0.29, 0.717) is 18.3 Å². The number of nitrogens with zero attached hydrogens (tertiary/aromatic N) is 3. The second-order valence-electron chi connectivity index (χ2n) is 6.96. The first-order chi connectivity index (χ1) is 13.2. The van der Waals surface area contributed by atoms with Gasteiger partial charge in [-0.25, -0.2) is 0 Å². The standard InChI is InChI=1S/C21H24N4O2/c1-15-5-3-6-16(11-15)14-26-18-8-4-7-17(12-18)21-23-20(24-27-21)19-13-22-9-10-25(19)2/h3-8,11-12,19,22H,9-10,13-14H2,1-2H3. The highest BCUT2D eigenvalue weighted by Crippen LogP contribution is 2.26. The fraction of sp³-hybridized carbons (Fsp3) is 0.333. The van der Waals surface area contributed by atoms with Crippen LogP contribution in [0.2, 0.25) is 0 Å². The van der Waals surface area contributed by atoms with E-state index in [1.54, 1.807) is 0 Å². The molecule has 0 saturated carbocycles. The van der Waals surface area contributed by atoms with Gasteiger partial charge in [-0.2, -0.15) is 4.98 Å². The van der Waals surface area contributed by atoms with Crippen LogP contribution in [0.1, 0.15) is 23.0 Å². The molecule has 0 aliphatic carbocycles. The average molecular weight is 364 g/mol. The number of hydrogen-bond acceptors (Lipinski definition) is 6. The predicted octanol–water partition coefficient (Wildman–Crippen LogP) is 3.20. The van der Waals surface area contributed by atoms with Gasteiger partial charge in [0.2, 0.25) is 0 Å². The van der Waals surface area contributed by atoms with E-state index in [4.69, 9.17) is 9.26 Å². The van der Waals surface area contributed by atoms with E-state index in [1.165, 1.54) is 5.56 Å². The molecule has 3 aromatic rings. The summed E-state index contributed by atoms with van der Waals surface area (Å²) in [6.07, 6.45) is 0. The Kier molecular flexibility index (Phi) is 5.18. The number of rotatable bonds is 5. The number of nitrogens with one attached hydrogen (secondary N) is 1. The van der Waals surface area contributed by atoms with Crippen molar-refractivity contribution < 1.29 is 9.26 Å². The van der Waals surface area contributed by atoms with Crippen LogP contribution in [0.15, 0.2) is 53.1 Å². The Morgan fingerprint density at radius 1 is 1.22 bits per heavy atom. The molecule has 0 amide bonds. The summed E-state index contributed by atoms with van der Waals surface area (Å²) < 4.78 is 11.5. The number of benzene rings is 2. The second-order valence-corrected chi connectivity index (χ2v) is 6.96. The van der Waals surface area contributed by atoms with E-state index in [0.717, 1.165) is 36.5 Å². The highest BCUT2D eigenvalue weighted by Gasteiger charge is 2.25. The minimum atomic E-state index is 0.136. The zero-order chi connectivity index (χ0) is 18.6. The zero-order valence-electron chi connectivity index (χ0n) is 15.7. The van der Waals surface area contributed by atoms with E-state index in [9.17, 15) is 0 Å². The fourth-order valence-electron chi connectivity index (χ4n) is 3.27. The molecule has 1 aromatic heterocycles. The maximum atomic E-state index is 5.94. The smallest absolute Gasteiger partial charge is 0.258 e. The van der Waals surface area contributed by atoms with Crippen molar-refractivity contribution in [1.82, 2.24) is 20.4 Å². The Hall–Kier alpha value is -2.70. The zero-order valence-corrected chi connectivity index (χ0v) is 15.7. The lowest BCUT2D eigenvalue weighted by atomic mass is 10.1. The lowest BCUT2D eigenvalue weighted by Crippen LogP contribution is -2.44. The first kappa shape index (κ1) is 17.7. The average Bonchev–Trinajstić information content (AvgIpc) is 3.17. The molecule has 6 nitrogen and oxygen atoms in total. The van der Waals surface area contributed by atoms with E-state index < -0.39 is 0 Å². The second kappa shape index (κ2) is 7.90. The highest BCUT2D eigenvalue weighted by atomic mass is 16.5. The van der Waals surface area contributed by atoms with Gasteiger partial charge in [0.1, 0.15) is 12.4 Å². The SMILES string of the molecule is Cc1cccc(COc2cccc(-c3nc(C4CNCCN4C)no3)c2)c1. The normalized spacial score (nSPS) is 17.8. The number of hydrogen-bond donors (Lipinski definition) is 1. The first-order valence-corrected chi connectivity index (χ1v) is 9.22. The molecule has 27 heavy (non-hydrogen) atoms. The Balaban J connectivity index is 1.47. The summed E-state index contributed by atoms with van der Waals surface area (Å²) in [7, 11) is 2.08. The lowest BCUT2D eigenvalue weighted by Gasteiger charge is -2.30. The maximum Gasteiger partial charge on any atom is 0.258 e. The van der Waals surface area contributed by atoms with Gasteiger partial charge in [0.15, 0.2) is 5.82 Å². The highest BCUT2D eigenvalue weighted by molar-refractivity contribution is 5.55. The molecule has 1 atom stereocenters. The fourth-order valence-corrected chi connectivity index (χ4v) is 3.27. The minimum Gasteiger partial charge on any atom is -0.489 e. The van der Waals surface area contributed by atoms with Crippen LogP contribution in [0.4, 0.5) is 0 Å². The molecule has 0 radical (unpaired) electrons. The van der Waals surface area contributed by atoms with Crippen LogP contribution in [0, 0.1) is 6.92 Å². The third kappa shape index (κ3) is 4.18. The number of likely N-dealkylation sites (N-methyl/N-ethyl adjacent to an activating group) is 1. The summed E-state index contributed by atoms with van der Waals surface area (Å²) in [5.74, 6) is 2.01. The molecule has 2 aromatic carbocycles. The van der Waals surface area contributed by atoms with Crippen molar-refractivity contribution in [3.05, 3.63) is 65.5 Å². The molecule has 1 aliphatic rings. The lowest BCUT2D eigenvalue weighted by molar-refractivity contribution is 0.190. The number of aryl methyl sites for hydroxylation is 1. The molecular weight excluding hydrogens is 340 g/mol. The van der Waals surface area contributed by atoms with E-state index >= 15 is 0 Å². The van der Waals surface area contributed by atoms with E-state index in [1.807, 2.05) is 30.3 Å². The number of ether oxygens (including phenoxy) is 1. The summed E-state index contributed by atoms with van der Waals surface area (Å²) in [5, 5.41) is 7.57. The van der Waals surface area contributed by atoms with Crippen LogP contribution in [0.3, 0.4) is 0 Å². The monoisotopic (exact) mass is 364 g/mol. The molecule has 1 saturated heterocycles. The van der Waals surface area contributed by atoms with Crippen molar-refractivity contribution >= 4 is 0 Å². The summed E-state index contributed by atoms with van der Waals surface area (Å²) in [6.45, 7) is 5.39. The van der Waals surface area contributed by atoms with Gasteiger partial charge in [0.05, 0.1) is 6.04 Å². The molecular formula is C21H24N4O2. The molecule has 140 valence electrons. The topological polar surface area (TPSA) is 63.4 Å². The van der Waals surface area contributed by atoms with Crippen LogP contribution in [-0.4, -0.2) is 41.7 Å². The minimum absolute atomic E-state index is 0.136. The third-order valence-corrected chi connectivity index (χ3v) is 4.82. The largest absolute Gasteiger partial charge is 0.489 e. The van der Waals surface area contributed by atoms with Gasteiger partial charge in [0.25, 0.3) is 5.89 Å². The van der Waals surface area contributed by atoms with Crippen LogP contribution in [0.5, 0.6) is 5.75 Å². The quantitative estimate of drug-likeness (QED) is 0.750. The molecule has 1 aliphatic heterocycles. The van der Waals surface area contributed by atoms with Crippen molar-refractivity contribution in [3.8, 4) is 17.2 Å². The predicted molar refractivity (Wildman–Crippen MR) is 103 cm³/mol. The first-order valence-electron chi connectivity index (χ1n) is 9.22. The van der Waals surface area contributed by atoms with Gasteiger partial charge in [0, 0.05) is 25.2 Å². The Morgan fingerprint density at radius 3 is 2.96 bits per heavy atom. The maximum absolute atomic E-state index is 5.94. The summed E-state index contributed by atoms with van der Waals surface area (Å²) in [6, 6.07) is 16.2. The molecule has 0 spiro atoms. The molecule has 2 heterocycles. The van der Waals surface area contributed by atoms with Gasteiger partial charge in [-0.3, -0.25) is 4.90 Å². The molecule has 1 fully saturated rings. The van der Waals surface area contributed by atoms with Crippen molar-refractivity contribution in [2.75, 3.05) is 26.7 Å². The number of aromatic nitrogens is 2. The van der Waals surface area contributed by atoms with Gasteiger partial charge >= 0.3 is 0 Å². The Morgan fingerprint density at radius 2 is 2.11 bits per heavy atom. The molecule has 6 heteroatoms. The molecule has 1 N–H and O–H groups in total. The summed E-state index contributed by atoms with van der Waals surface area (Å²) in [5.41, 5.74) is 3.24. The van der Waals surface area contributed by atoms with Gasteiger partial charge in [-0.05, 0) is 37.7 Å². The van der Waals surface area contributed by atoms with Crippen LogP contribution < -0.4 is 10.1 Å². The molecule has 1 unspecified atom stereocenters.